The first-order valence-electron chi connectivity index (χ1n) is 9.21. The van der Waals surface area contributed by atoms with Crippen LogP contribution in [0.4, 0.5) is 17.1 Å². The zero-order chi connectivity index (χ0) is 22.6. The van der Waals surface area contributed by atoms with Gasteiger partial charge in [0.25, 0.3) is 10.9 Å². The van der Waals surface area contributed by atoms with Crippen LogP contribution in [0.2, 0.25) is 5.02 Å². The van der Waals surface area contributed by atoms with Crippen molar-refractivity contribution in [2.75, 3.05) is 24.7 Å². The number of phenolic OH excluding ortho intramolecular Hbond substituents is 1. The summed E-state index contributed by atoms with van der Waals surface area (Å²) in [7, 11) is 1.47. The molecule has 3 aromatic rings. The number of hydrogen-bond donors (Lipinski definition) is 3. The van der Waals surface area contributed by atoms with E-state index in [1.54, 1.807) is 25.4 Å². The maximum absolute atomic E-state index is 12.4. The molecule has 0 aliphatic heterocycles. The molecule has 0 saturated carbocycles. The van der Waals surface area contributed by atoms with Crippen LogP contribution in [0, 0.1) is 6.92 Å². The van der Waals surface area contributed by atoms with Gasteiger partial charge in [0.15, 0.2) is 5.75 Å². The predicted molar refractivity (Wildman–Crippen MR) is 126 cm³/mol. The number of rotatable bonds is 7. The van der Waals surface area contributed by atoms with Gasteiger partial charge in [0.2, 0.25) is 0 Å². The summed E-state index contributed by atoms with van der Waals surface area (Å²) >= 11 is 7.66. The lowest BCUT2D eigenvalue weighted by Gasteiger charge is -2.18. The van der Waals surface area contributed by atoms with Crippen molar-refractivity contribution in [3.05, 3.63) is 59.5 Å². The minimum absolute atomic E-state index is 0.0268. The maximum atomic E-state index is 12.4. The first-order chi connectivity index (χ1) is 14.2. The molecule has 2 aromatic carbocycles. The lowest BCUT2D eigenvalue weighted by molar-refractivity contribution is 0.461. The third-order valence-electron chi connectivity index (χ3n) is 4.00. The van der Waals surface area contributed by atoms with Crippen molar-refractivity contribution in [3.63, 3.8) is 0 Å². The zero-order valence-corrected chi connectivity index (χ0v) is 19.7. The molecule has 3 N–H and O–H groups in total. The van der Waals surface area contributed by atoms with Gasteiger partial charge < -0.3 is 15.7 Å². The monoisotopic (exact) mass is 469 g/mol. The van der Waals surface area contributed by atoms with Gasteiger partial charge in [-0.3, -0.25) is 9.59 Å². The molecular formula is C20H24ClN3O4S2. The molecule has 1 heterocycles. The van der Waals surface area contributed by atoms with Gasteiger partial charge in [-0.2, -0.15) is 0 Å². The second kappa shape index (κ2) is 10.2. The number of halogens is 1. The molecule has 0 saturated heterocycles. The van der Waals surface area contributed by atoms with Crippen LogP contribution in [0.3, 0.4) is 0 Å². The number of benzene rings is 1. The molecule has 0 radical (unpaired) electrons. The number of aromatic hydroxyl groups is 1. The average molecular weight is 470 g/mol. The first kappa shape index (κ1) is 24.1. The van der Waals surface area contributed by atoms with E-state index in [0.29, 0.717) is 6.54 Å². The highest BCUT2D eigenvalue weighted by Crippen LogP contribution is 2.38. The normalized spacial score (nSPS) is 11.8. The van der Waals surface area contributed by atoms with E-state index >= 15 is 0 Å². The van der Waals surface area contributed by atoms with Gasteiger partial charge in [-0.15, -0.1) is 11.3 Å². The summed E-state index contributed by atoms with van der Waals surface area (Å²) < 4.78 is 13.8. The molecule has 30 heavy (non-hydrogen) atoms. The molecule has 3 rings (SSSR count). The lowest BCUT2D eigenvalue weighted by atomic mass is 10.1. The van der Waals surface area contributed by atoms with E-state index in [-0.39, 0.29) is 32.7 Å². The molecule has 1 unspecified atom stereocenters. The quantitative estimate of drug-likeness (QED) is 0.357. The Morgan fingerprint density at radius 2 is 1.73 bits per heavy atom. The van der Waals surface area contributed by atoms with Crippen molar-refractivity contribution in [2.24, 2.45) is 0 Å². The largest absolute Gasteiger partial charge is 0.504 e. The molecule has 1 aromatic heterocycles. The molecule has 10 heteroatoms. The molecule has 0 spiro atoms. The average Bonchev–Trinajstić information content (AvgIpc) is 3.14. The Balaban J connectivity index is 0.00000155. The summed E-state index contributed by atoms with van der Waals surface area (Å²) in [5.41, 5.74) is -0.967. The second-order valence-corrected chi connectivity index (χ2v) is 9.65. The van der Waals surface area contributed by atoms with Gasteiger partial charge in [0.05, 0.1) is 10.7 Å². The van der Waals surface area contributed by atoms with Crippen LogP contribution in [0.25, 0.3) is 0 Å². The predicted octanol–water partition coefficient (Wildman–Crippen LogP) is 3.98. The Hall–Kier alpha value is -2.20. The van der Waals surface area contributed by atoms with Gasteiger partial charge in [-0.1, -0.05) is 25.4 Å². The van der Waals surface area contributed by atoms with Crippen molar-refractivity contribution in [3.8, 4) is 5.75 Å². The highest BCUT2D eigenvalue weighted by molar-refractivity contribution is 7.82. The first-order valence-corrected chi connectivity index (χ1v) is 11.5. The van der Waals surface area contributed by atoms with Gasteiger partial charge in [0.1, 0.15) is 27.3 Å². The van der Waals surface area contributed by atoms with E-state index in [2.05, 4.69) is 10.6 Å². The highest BCUT2D eigenvalue weighted by atomic mass is 35.5. The summed E-state index contributed by atoms with van der Waals surface area (Å²) in [4.78, 5) is 26.2. The van der Waals surface area contributed by atoms with Gasteiger partial charge in [-0.25, -0.2) is 8.51 Å². The smallest absolute Gasteiger partial charge is 0.253 e. The number of phenols is 1. The molecule has 1 atom stereocenters. The molecule has 162 valence electrons. The van der Waals surface area contributed by atoms with Crippen LogP contribution in [-0.2, 0) is 17.5 Å². The molecule has 0 bridgehead atoms. The summed E-state index contributed by atoms with van der Waals surface area (Å²) in [5, 5.41) is 16.4. The second-order valence-electron chi connectivity index (χ2n) is 6.23. The SMILES string of the molecule is CC.Cc1ccc(CNc2c(Nc3ccc(Cl)c(S(=O)N(C)C)c3O)c(=O)c2=O)s1. The molecule has 0 aliphatic rings. The standard InChI is InChI=1S/C18H18ClN3O4S2.C2H6/c1-9-4-5-10(27-9)8-20-13-14(17(25)16(13)24)21-12-7-6-11(19)18(15(12)23)28(26)22(2)3;1-2/h4-7,20-21,23H,8H2,1-3H3;1-2H3. The molecule has 0 aliphatic carbocycles. The zero-order valence-electron chi connectivity index (χ0n) is 17.3. The Kier molecular flexibility index (Phi) is 8.19. The maximum Gasteiger partial charge on any atom is 0.253 e. The fourth-order valence-electron chi connectivity index (χ4n) is 2.57. The van der Waals surface area contributed by atoms with Crippen LogP contribution in [0.15, 0.2) is 38.8 Å². The molecular weight excluding hydrogens is 446 g/mol. The molecule has 0 amide bonds. The van der Waals surface area contributed by atoms with E-state index in [1.165, 1.54) is 16.4 Å². The van der Waals surface area contributed by atoms with Gasteiger partial charge in [0, 0.05) is 16.3 Å². The molecule has 0 fully saturated rings. The number of anilines is 3. The fraction of sp³-hybridized carbons (Fsp3) is 0.300. The Labute approximate surface area is 186 Å². The van der Waals surface area contributed by atoms with Crippen molar-refractivity contribution in [2.45, 2.75) is 32.2 Å². The summed E-state index contributed by atoms with van der Waals surface area (Å²) in [6.07, 6.45) is 0. The van der Waals surface area contributed by atoms with Crippen molar-refractivity contribution < 1.29 is 9.32 Å². The van der Waals surface area contributed by atoms with Crippen LogP contribution >= 0.6 is 22.9 Å². The minimum Gasteiger partial charge on any atom is -0.504 e. The number of nitrogens with one attached hydrogen (secondary N) is 2. The number of hydrogen-bond acceptors (Lipinski definition) is 7. The van der Waals surface area contributed by atoms with Crippen molar-refractivity contribution >= 4 is 51.0 Å². The number of aryl methyl sites for hydroxylation is 1. The van der Waals surface area contributed by atoms with Crippen molar-refractivity contribution in [1.29, 1.82) is 0 Å². The number of thiophene rings is 1. The van der Waals surface area contributed by atoms with Gasteiger partial charge in [-0.05, 0) is 45.3 Å². The Bertz CT molecular complexity index is 1130. The van der Waals surface area contributed by atoms with E-state index in [4.69, 9.17) is 11.6 Å². The summed E-state index contributed by atoms with van der Waals surface area (Å²) in [6.45, 7) is 6.39. The van der Waals surface area contributed by atoms with Crippen LogP contribution < -0.4 is 21.5 Å². The molecule has 7 nitrogen and oxygen atoms in total. The lowest BCUT2D eigenvalue weighted by Crippen LogP contribution is -2.36. The fourth-order valence-corrected chi connectivity index (χ4v) is 4.62. The number of nitrogens with zero attached hydrogens (tertiary/aromatic N) is 1. The van der Waals surface area contributed by atoms with E-state index in [0.717, 1.165) is 9.75 Å². The highest BCUT2D eigenvalue weighted by Gasteiger charge is 2.24. The third-order valence-corrected chi connectivity index (χ3v) is 6.85. The van der Waals surface area contributed by atoms with E-state index in [9.17, 15) is 18.9 Å². The van der Waals surface area contributed by atoms with E-state index < -0.39 is 21.8 Å². The van der Waals surface area contributed by atoms with Crippen LogP contribution in [0.1, 0.15) is 23.6 Å². The van der Waals surface area contributed by atoms with Crippen molar-refractivity contribution in [1.82, 2.24) is 4.31 Å². The Morgan fingerprint density at radius 3 is 2.30 bits per heavy atom. The van der Waals surface area contributed by atoms with Crippen LogP contribution in [-0.4, -0.2) is 27.7 Å². The summed E-state index contributed by atoms with van der Waals surface area (Å²) in [5.74, 6) is -0.340. The topological polar surface area (TPSA) is 98.7 Å². The third kappa shape index (κ3) is 4.92. The van der Waals surface area contributed by atoms with Crippen LogP contribution in [0.5, 0.6) is 5.75 Å². The summed E-state index contributed by atoms with van der Waals surface area (Å²) in [6, 6.07) is 6.84. The minimum atomic E-state index is -1.69. The van der Waals surface area contributed by atoms with E-state index in [1.807, 2.05) is 32.9 Å². The van der Waals surface area contributed by atoms with Gasteiger partial charge >= 0.3 is 0 Å². The Morgan fingerprint density at radius 1 is 1.10 bits per heavy atom.